The Morgan fingerprint density at radius 1 is 1.35 bits per heavy atom. The Morgan fingerprint density at radius 2 is 2.20 bits per heavy atom. The second-order valence-corrected chi connectivity index (χ2v) is 5.28. The van der Waals surface area contributed by atoms with Gasteiger partial charge >= 0.3 is 0 Å². The molecule has 0 fully saturated rings. The quantitative estimate of drug-likeness (QED) is 0.516. The summed E-state index contributed by atoms with van der Waals surface area (Å²) in [4.78, 5) is 4.34. The van der Waals surface area contributed by atoms with E-state index in [1.807, 2.05) is 13.1 Å². The van der Waals surface area contributed by atoms with Crippen LogP contribution in [0.5, 0.6) is 0 Å². The molecule has 2 N–H and O–H groups in total. The Kier molecular flexibility index (Phi) is 3.26. The number of nitrogens with zero attached hydrogens (tertiary/aromatic N) is 4. The molecule has 0 amide bonds. The molecule has 0 spiro atoms. The van der Waals surface area contributed by atoms with E-state index < -0.39 is 0 Å². The van der Waals surface area contributed by atoms with Gasteiger partial charge in [-0.1, -0.05) is 0 Å². The van der Waals surface area contributed by atoms with Gasteiger partial charge in [0.05, 0.1) is 11.9 Å². The van der Waals surface area contributed by atoms with Crippen LogP contribution in [0.15, 0.2) is 17.4 Å². The van der Waals surface area contributed by atoms with Crippen molar-refractivity contribution in [3.05, 3.63) is 34.9 Å². The van der Waals surface area contributed by atoms with Crippen LogP contribution in [0.25, 0.3) is 11.1 Å². The van der Waals surface area contributed by atoms with Gasteiger partial charge < -0.3 is 5.84 Å². The summed E-state index contributed by atoms with van der Waals surface area (Å²) in [6.07, 6.45) is 7.00. The van der Waals surface area contributed by atoms with Crippen LogP contribution in [0.3, 0.4) is 0 Å². The average molecular weight is 269 g/mol. The zero-order chi connectivity index (χ0) is 14.1. The van der Waals surface area contributed by atoms with Gasteiger partial charge in [0, 0.05) is 35.3 Å². The van der Waals surface area contributed by atoms with Crippen LogP contribution < -0.4 is 5.84 Å². The van der Waals surface area contributed by atoms with E-state index in [0.29, 0.717) is 0 Å². The van der Waals surface area contributed by atoms with Crippen molar-refractivity contribution in [2.75, 3.05) is 0 Å². The first kappa shape index (κ1) is 12.8. The fourth-order valence-corrected chi connectivity index (χ4v) is 2.94. The third kappa shape index (κ3) is 2.09. The maximum Gasteiger partial charge on any atom is 0.0675 e. The molecule has 0 radical (unpaired) electrons. The Hall–Kier alpha value is -2.17. The van der Waals surface area contributed by atoms with Crippen LogP contribution in [0.1, 0.15) is 35.5 Å². The first-order chi connectivity index (χ1) is 9.70. The van der Waals surface area contributed by atoms with Gasteiger partial charge in [0.2, 0.25) is 0 Å². The molecule has 104 valence electrons. The zero-order valence-electron chi connectivity index (χ0n) is 11.9. The second kappa shape index (κ2) is 5.07. The molecule has 3 rings (SSSR count). The van der Waals surface area contributed by atoms with Crippen molar-refractivity contribution < 1.29 is 0 Å². The van der Waals surface area contributed by atoms with Gasteiger partial charge in [0.25, 0.3) is 0 Å². The van der Waals surface area contributed by atoms with Crippen molar-refractivity contribution in [2.45, 2.75) is 39.7 Å². The van der Waals surface area contributed by atoms with E-state index in [2.05, 4.69) is 32.9 Å². The van der Waals surface area contributed by atoms with E-state index in [9.17, 15) is 0 Å². The molecule has 0 aromatic carbocycles. The summed E-state index contributed by atoms with van der Waals surface area (Å²) in [5, 5.41) is 8.33. The van der Waals surface area contributed by atoms with Crippen LogP contribution in [-0.2, 0) is 13.0 Å². The normalized spacial score (nSPS) is 14.7. The molecule has 5 heteroatoms. The maximum atomic E-state index is 5.32. The van der Waals surface area contributed by atoms with Crippen LogP contribution in [-0.4, -0.2) is 21.0 Å². The van der Waals surface area contributed by atoms with E-state index in [4.69, 9.17) is 5.84 Å². The Bertz CT molecular complexity index is 669. The van der Waals surface area contributed by atoms with Crippen molar-refractivity contribution in [2.24, 2.45) is 10.9 Å². The number of hydrogen-bond acceptors (Lipinski definition) is 4. The van der Waals surface area contributed by atoms with Gasteiger partial charge in [0.1, 0.15) is 0 Å². The van der Waals surface area contributed by atoms with Gasteiger partial charge in [-0.15, -0.1) is 0 Å². The summed E-state index contributed by atoms with van der Waals surface area (Å²) in [5.74, 6) is 5.32. The summed E-state index contributed by atoms with van der Waals surface area (Å²) in [6, 6.07) is 2.09. The lowest BCUT2D eigenvalue weighted by Gasteiger charge is -2.15. The number of aryl methyl sites for hydroxylation is 3. The first-order valence-electron chi connectivity index (χ1n) is 6.97. The van der Waals surface area contributed by atoms with Crippen molar-refractivity contribution >= 4 is 6.21 Å². The zero-order valence-corrected chi connectivity index (χ0v) is 11.9. The third-order valence-corrected chi connectivity index (χ3v) is 3.82. The van der Waals surface area contributed by atoms with Crippen molar-refractivity contribution in [1.29, 1.82) is 0 Å². The third-order valence-electron chi connectivity index (χ3n) is 3.82. The highest BCUT2D eigenvalue weighted by atomic mass is 15.3. The molecule has 20 heavy (non-hydrogen) atoms. The summed E-state index contributed by atoms with van der Waals surface area (Å²) < 4.78 is 2.15. The minimum absolute atomic E-state index is 0.947. The van der Waals surface area contributed by atoms with Gasteiger partial charge in [-0.2, -0.15) is 10.2 Å². The number of pyridine rings is 1. The van der Waals surface area contributed by atoms with Gasteiger partial charge in [-0.25, -0.2) is 0 Å². The molecule has 0 saturated carbocycles. The second-order valence-electron chi connectivity index (χ2n) is 5.28. The average Bonchev–Trinajstić information content (AvgIpc) is 2.77. The Labute approximate surface area is 118 Å². The molecule has 5 nitrogen and oxygen atoms in total. The van der Waals surface area contributed by atoms with Crippen molar-refractivity contribution in [3.8, 4) is 11.1 Å². The monoisotopic (exact) mass is 269 g/mol. The minimum atomic E-state index is 0.947. The van der Waals surface area contributed by atoms with Crippen LogP contribution in [0.2, 0.25) is 0 Å². The summed E-state index contributed by atoms with van der Waals surface area (Å²) >= 11 is 0. The largest absolute Gasteiger partial charge is 0.323 e. The van der Waals surface area contributed by atoms with Crippen molar-refractivity contribution in [3.63, 3.8) is 0 Å². The van der Waals surface area contributed by atoms with E-state index in [0.717, 1.165) is 35.5 Å². The molecule has 0 bridgehead atoms. The minimum Gasteiger partial charge on any atom is -0.323 e. The highest BCUT2D eigenvalue weighted by molar-refractivity contribution is 5.91. The number of hydrogen-bond donors (Lipinski definition) is 1. The highest BCUT2D eigenvalue weighted by Gasteiger charge is 2.21. The lowest BCUT2D eigenvalue weighted by atomic mass is 9.96. The molecule has 0 saturated heterocycles. The van der Waals surface area contributed by atoms with E-state index in [-0.39, 0.29) is 0 Å². The van der Waals surface area contributed by atoms with E-state index in [1.54, 1.807) is 6.21 Å². The molecule has 0 aliphatic carbocycles. The molecule has 2 aromatic heterocycles. The lowest BCUT2D eigenvalue weighted by Crippen LogP contribution is -2.11. The number of rotatable bonds is 2. The molecule has 1 aliphatic heterocycles. The molecular weight excluding hydrogens is 250 g/mol. The maximum absolute atomic E-state index is 5.32. The Balaban J connectivity index is 2.23. The molecule has 3 heterocycles. The lowest BCUT2D eigenvalue weighted by molar-refractivity contribution is 0.485. The highest BCUT2D eigenvalue weighted by Crippen LogP contribution is 2.32. The molecule has 0 unspecified atom stereocenters. The van der Waals surface area contributed by atoms with Gasteiger partial charge in [0.15, 0.2) is 0 Å². The SMILES string of the molecule is Cc1cc(-c2c(C)nn3c2CCCC3)c(/C=N\N)cn1. The van der Waals surface area contributed by atoms with Gasteiger partial charge in [-0.05, 0) is 44.7 Å². The first-order valence-corrected chi connectivity index (χ1v) is 6.97. The van der Waals surface area contributed by atoms with Crippen molar-refractivity contribution in [1.82, 2.24) is 14.8 Å². The van der Waals surface area contributed by atoms with E-state index >= 15 is 0 Å². The van der Waals surface area contributed by atoms with E-state index in [1.165, 1.54) is 24.1 Å². The Morgan fingerprint density at radius 3 is 3.00 bits per heavy atom. The van der Waals surface area contributed by atoms with Crippen LogP contribution in [0, 0.1) is 13.8 Å². The predicted molar refractivity (Wildman–Crippen MR) is 79.7 cm³/mol. The number of fused-ring (bicyclic) bond motifs is 1. The summed E-state index contributed by atoms with van der Waals surface area (Å²) in [6.45, 7) is 5.08. The number of nitrogens with two attached hydrogens (primary N) is 1. The molecule has 1 aliphatic rings. The smallest absolute Gasteiger partial charge is 0.0675 e. The predicted octanol–water partition coefficient (Wildman–Crippen LogP) is 2.19. The van der Waals surface area contributed by atoms with Gasteiger partial charge in [-0.3, -0.25) is 9.67 Å². The fourth-order valence-electron chi connectivity index (χ4n) is 2.94. The topological polar surface area (TPSA) is 69.1 Å². The number of aromatic nitrogens is 3. The fraction of sp³-hybridized carbons (Fsp3) is 0.400. The molecule has 0 atom stereocenters. The summed E-state index contributed by atoms with van der Waals surface area (Å²) in [7, 11) is 0. The number of hydrazone groups is 1. The standard InChI is InChI=1S/C15H19N5/c1-10-7-13(12(8-17-10)9-18-16)15-11(2)19-20-6-4-3-5-14(15)20/h7-9H,3-6,16H2,1-2H3/b18-9-. The molecular formula is C15H19N5. The van der Waals surface area contributed by atoms with Crippen LogP contribution >= 0.6 is 0 Å². The molecule has 2 aromatic rings. The summed E-state index contributed by atoms with van der Waals surface area (Å²) in [5.41, 5.74) is 6.69. The van der Waals surface area contributed by atoms with Crippen LogP contribution in [0.4, 0.5) is 0 Å².